The van der Waals surface area contributed by atoms with Gasteiger partial charge in [0.05, 0.1) is 0 Å². The van der Waals surface area contributed by atoms with Gasteiger partial charge in [0, 0.05) is 12.2 Å². The van der Waals surface area contributed by atoms with Gasteiger partial charge in [-0.25, -0.2) is 4.98 Å². The summed E-state index contributed by atoms with van der Waals surface area (Å²) in [6.45, 7) is 0. The zero-order valence-corrected chi connectivity index (χ0v) is 6.25. The van der Waals surface area contributed by atoms with Crippen LogP contribution in [0.2, 0.25) is 0 Å². The zero-order chi connectivity index (χ0) is 7.84. The molecule has 3 heteroatoms. The van der Waals surface area contributed by atoms with Crippen molar-refractivity contribution in [1.82, 2.24) is 4.98 Å². The number of nitrogens with zero attached hydrogens (tertiary/aromatic N) is 1. The van der Waals surface area contributed by atoms with Gasteiger partial charge in [-0.3, -0.25) is 0 Å². The third-order valence-electron chi connectivity index (χ3n) is 2.17. The van der Waals surface area contributed by atoms with E-state index in [1.807, 2.05) is 6.07 Å². The maximum Gasteiger partial charge on any atom is 0.123 e. The zero-order valence-electron chi connectivity index (χ0n) is 6.25. The Morgan fingerprint density at radius 2 is 2.36 bits per heavy atom. The summed E-state index contributed by atoms with van der Waals surface area (Å²) in [4.78, 5) is 4.00. The van der Waals surface area contributed by atoms with E-state index in [1.54, 1.807) is 6.20 Å². The first-order valence-corrected chi connectivity index (χ1v) is 3.77. The highest BCUT2D eigenvalue weighted by Crippen LogP contribution is 2.28. The number of aromatic nitrogens is 1. The molecule has 1 heterocycles. The van der Waals surface area contributed by atoms with Gasteiger partial charge in [-0.05, 0) is 30.0 Å². The molecule has 0 radical (unpaired) electrons. The molecule has 11 heavy (non-hydrogen) atoms. The number of pyridine rings is 1. The van der Waals surface area contributed by atoms with Gasteiger partial charge in [0.1, 0.15) is 5.82 Å². The highest BCUT2D eigenvalue weighted by atomic mass is 14.8. The van der Waals surface area contributed by atoms with E-state index in [9.17, 15) is 0 Å². The maximum atomic E-state index is 5.82. The molecule has 0 spiro atoms. The summed E-state index contributed by atoms with van der Waals surface area (Å²) in [7, 11) is 0. The molecule has 2 rings (SSSR count). The molecule has 0 amide bonds. The fourth-order valence-corrected chi connectivity index (χ4v) is 1.54. The summed E-state index contributed by atoms with van der Waals surface area (Å²) in [6.07, 6.45) is 3.87. The second-order valence-corrected chi connectivity index (χ2v) is 2.95. The average molecular weight is 149 g/mol. The lowest BCUT2D eigenvalue weighted by Crippen LogP contribution is -2.05. The van der Waals surface area contributed by atoms with Crippen LogP contribution in [0.3, 0.4) is 0 Å². The van der Waals surface area contributed by atoms with Crippen molar-refractivity contribution in [3.8, 4) is 0 Å². The van der Waals surface area contributed by atoms with Gasteiger partial charge in [0.2, 0.25) is 0 Å². The number of rotatable bonds is 0. The van der Waals surface area contributed by atoms with Crippen molar-refractivity contribution in [2.75, 3.05) is 5.73 Å². The number of hydrogen-bond donors (Lipinski definition) is 2. The van der Waals surface area contributed by atoms with Crippen LogP contribution in [0.5, 0.6) is 0 Å². The molecule has 4 N–H and O–H groups in total. The molecule has 0 saturated carbocycles. The van der Waals surface area contributed by atoms with E-state index in [0.29, 0.717) is 5.82 Å². The number of aryl methyl sites for hydroxylation is 1. The van der Waals surface area contributed by atoms with Gasteiger partial charge in [0.25, 0.3) is 0 Å². The van der Waals surface area contributed by atoms with Gasteiger partial charge in [-0.1, -0.05) is 0 Å². The molecule has 1 aromatic heterocycles. The van der Waals surface area contributed by atoms with Crippen LogP contribution in [-0.4, -0.2) is 4.98 Å². The molecule has 1 aliphatic carbocycles. The fourth-order valence-electron chi connectivity index (χ4n) is 1.54. The van der Waals surface area contributed by atoms with E-state index < -0.39 is 0 Å². The van der Waals surface area contributed by atoms with Crippen molar-refractivity contribution >= 4 is 5.82 Å². The van der Waals surface area contributed by atoms with Crippen LogP contribution in [0, 0.1) is 0 Å². The van der Waals surface area contributed by atoms with Crippen molar-refractivity contribution in [3.63, 3.8) is 0 Å². The smallest absolute Gasteiger partial charge is 0.123 e. The van der Waals surface area contributed by atoms with Gasteiger partial charge in [0.15, 0.2) is 0 Å². The summed E-state index contributed by atoms with van der Waals surface area (Å²) >= 11 is 0. The second kappa shape index (κ2) is 2.20. The summed E-state index contributed by atoms with van der Waals surface area (Å²) in [5.41, 5.74) is 13.8. The van der Waals surface area contributed by atoms with E-state index in [1.165, 1.54) is 11.1 Å². The lowest BCUT2D eigenvalue weighted by molar-refractivity contribution is 0.712. The van der Waals surface area contributed by atoms with Crippen LogP contribution in [0.1, 0.15) is 23.6 Å². The van der Waals surface area contributed by atoms with Crippen LogP contribution in [0.4, 0.5) is 5.82 Å². The third-order valence-corrected chi connectivity index (χ3v) is 2.17. The quantitative estimate of drug-likeness (QED) is 0.568. The molecule has 1 aliphatic rings. The van der Waals surface area contributed by atoms with Crippen molar-refractivity contribution in [2.24, 2.45) is 5.73 Å². The standard InChI is InChI=1S/C8H11N3/c9-7-2-1-5-3-8(10)11-4-6(5)7/h3-4,7H,1-2,9H2,(H2,10,11). The largest absolute Gasteiger partial charge is 0.384 e. The number of anilines is 1. The predicted octanol–water partition coefficient (Wildman–Crippen LogP) is 0.610. The number of fused-ring (bicyclic) bond motifs is 1. The number of hydrogen-bond acceptors (Lipinski definition) is 3. The van der Waals surface area contributed by atoms with Crippen LogP contribution in [0.15, 0.2) is 12.3 Å². The molecule has 1 unspecified atom stereocenters. The molecule has 0 aromatic carbocycles. The Bertz CT molecular complexity index is 283. The summed E-state index contributed by atoms with van der Waals surface area (Å²) in [5, 5.41) is 0. The number of nitrogen functional groups attached to an aromatic ring is 1. The van der Waals surface area contributed by atoms with E-state index in [4.69, 9.17) is 11.5 Å². The Hall–Kier alpha value is -1.09. The number of nitrogens with two attached hydrogens (primary N) is 2. The fraction of sp³-hybridized carbons (Fsp3) is 0.375. The maximum absolute atomic E-state index is 5.82. The molecule has 58 valence electrons. The highest BCUT2D eigenvalue weighted by Gasteiger charge is 2.18. The second-order valence-electron chi connectivity index (χ2n) is 2.95. The van der Waals surface area contributed by atoms with Gasteiger partial charge < -0.3 is 11.5 Å². The lowest BCUT2D eigenvalue weighted by Gasteiger charge is -2.02. The summed E-state index contributed by atoms with van der Waals surface area (Å²) < 4.78 is 0. The Labute approximate surface area is 65.4 Å². The molecule has 1 atom stereocenters. The summed E-state index contributed by atoms with van der Waals surface area (Å²) in [6, 6.07) is 2.10. The minimum Gasteiger partial charge on any atom is -0.384 e. The Kier molecular flexibility index (Phi) is 1.32. The molecular formula is C8H11N3. The SMILES string of the molecule is Nc1cc2c(cn1)C(N)CC2. The summed E-state index contributed by atoms with van der Waals surface area (Å²) in [5.74, 6) is 0.595. The topological polar surface area (TPSA) is 64.9 Å². The van der Waals surface area contributed by atoms with Crippen LogP contribution >= 0.6 is 0 Å². The molecule has 0 saturated heterocycles. The van der Waals surface area contributed by atoms with Gasteiger partial charge in [-0.2, -0.15) is 0 Å². The van der Waals surface area contributed by atoms with Crippen LogP contribution in [0.25, 0.3) is 0 Å². The monoisotopic (exact) mass is 149 g/mol. The average Bonchev–Trinajstić information content (AvgIpc) is 2.32. The normalized spacial score (nSPS) is 21.7. The van der Waals surface area contributed by atoms with Gasteiger partial charge >= 0.3 is 0 Å². The van der Waals surface area contributed by atoms with E-state index in [2.05, 4.69) is 4.98 Å². The predicted molar refractivity (Wildman–Crippen MR) is 43.9 cm³/mol. The van der Waals surface area contributed by atoms with E-state index >= 15 is 0 Å². The van der Waals surface area contributed by atoms with Crippen molar-refractivity contribution < 1.29 is 0 Å². The molecule has 3 nitrogen and oxygen atoms in total. The highest BCUT2D eigenvalue weighted by molar-refractivity contribution is 5.40. The lowest BCUT2D eigenvalue weighted by atomic mass is 10.1. The molecule has 0 fully saturated rings. The van der Waals surface area contributed by atoms with Crippen molar-refractivity contribution in [1.29, 1.82) is 0 Å². The van der Waals surface area contributed by atoms with E-state index in [-0.39, 0.29) is 6.04 Å². The Balaban J connectivity index is 2.50. The first-order chi connectivity index (χ1) is 5.27. The molecular weight excluding hydrogens is 138 g/mol. The minimum absolute atomic E-state index is 0.179. The molecule has 1 aromatic rings. The van der Waals surface area contributed by atoms with Gasteiger partial charge in [-0.15, -0.1) is 0 Å². The van der Waals surface area contributed by atoms with Crippen LogP contribution in [-0.2, 0) is 6.42 Å². The first-order valence-electron chi connectivity index (χ1n) is 3.77. The van der Waals surface area contributed by atoms with Crippen molar-refractivity contribution in [3.05, 3.63) is 23.4 Å². The first kappa shape index (κ1) is 6.61. The van der Waals surface area contributed by atoms with Crippen molar-refractivity contribution in [2.45, 2.75) is 18.9 Å². The van der Waals surface area contributed by atoms with Crippen LogP contribution < -0.4 is 11.5 Å². The minimum atomic E-state index is 0.179. The molecule has 0 bridgehead atoms. The third kappa shape index (κ3) is 0.973. The Morgan fingerprint density at radius 1 is 1.55 bits per heavy atom. The van der Waals surface area contributed by atoms with E-state index in [0.717, 1.165) is 12.8 Å². The molecule has 0 aliphatic heterocycles. The Morgan fingerprint density at radius 3 is 3.18 bits per heavy atom.